The fraction of sp³-hybridized carbons (Fsp3) is 0.0625. The van der Waals surface area contributed by atoms with E-state index in [4.69, 9.17) is 53.5 Å². The standard InChI is InChI=1S/C45H27N3O2.C30H25BO4.C21H14ClN3/c1-3-10-28(11-4-1)29-18-20-31(21-19-29)44-46-43(30-12-5-2-6-13-30)47-45(48-44)33-23-25-37-36-24-22-32(26-40(36)49-41(37)27-33)34-15-9-16-38-35-14-7-8-17-39(35)50-42(34)38;1-29(2)30(3,4)35-31(34-29)19-13-15-23-22-14-12-18(16-26(22)32-27(23)17-19)20-9-7-10-24-21-8-5-6-11-25(21)33-28(20)24;22-21-24-19(17-9-5-2-6-10-17)23-20(25-21)18-13-11-16(12-14-18)15-7-3-1-4-8-15/h1-27H;5-17H,1-4H3;1-14H. The van der Waals surface area contributed by atoms with Gasteiger partial charge in [0.25, 0.3) is 0 Å². The number of fused-ring (bicyclic) bond motifs is 12. The fourth-order valence-corrected chi connectivity index (χ4v) is 14.7. The van der Waals surface area contributed by atoms with Crippen molar-refractivity contribution in [2.24, 2.45) is 0 Å². The molecule has 0 radical (unpaired) electrons. The normalized spacial score (nSPS) is 13.2. The highest BCUT2D eigenvalue weighted by Crippen LogP contribution is 2.43. The van der Waals surface area contributed by atoms with Crippen LogP contribution in [0.1, 0.15) is 27.7 Å². The molecule has 0 unspecified atom stereocenters. The molecule has 0 aliphatic carbocycles. The minimum absolute atomic E-state index is 0.191. The lowest BCUT2D eigenvalue weighted by atomic mass is 9.79. The third kappa shape index (κ3) is 12.7. The molecule has 0 atom stereocenters. The topological polar surface area (TPSA) is 148 Å². The molecule has 0 amide bonds. The average molecular weight is 1450 g/mol. The van der Waals surface area contributed by atoms with Crippen LogP contribution >= 0.6 is 11.6 Å². The molecule has 0 bridgehead atoms. The molecule has 6 aromatic heterocycles. The first-order chi connectivity index (χ1) is 53.8. The van der Waals surface area contributed by atoms with Gasteiger partial charge in [0.1, 0.15) is 44.7 Å². The smallest absolute Gasteiger partial charge is 0.456 e. The van der Waals surface area contributed by atoms with E-state index < -0.39 is 7.12 Å². The summed E-state index contributed by atoms with van der Waals surface area (Å²) in [7, 11) is -0.418. The highest BCUT2D eigenvalue weighted by Gasteiger charge is 2.52. The van der Waals surface area contributed by atoms with Gasteiger partial charge in [0.15, 0.2) is 29.1 Å². The van der Waals surface area contributed by atoms with E-state index in [2.05, 4.69) is 213 Å². The Kier molecular flexibility index (Phi) is 16.9. The Bertz CT molecular complexity index is 6850. The van der Waals surface area contributed by atoms with Crippen molar-refractivity contribution in [2.75, 3.05) is 0 Å². The van der Waals surface area contributed by atoms with Crippen LogP contribution in [0, 0.1) is 0 Å². The molecule has 0 saturated carbocycles. The maximum atomic E-state index is 6.53. The number of nitrogens with zero attached hydrogens (tertiary/aromatic N) is 6. The third-order valence-corrected chi connectivity index (χ3v) is 21.2. The Morgan fingerprint density at radius 3 is 0.955 bits per heavy atom. The summed E-state index contributed by atoms with van der Waals surface area (Å²) < 4.78 is 38.0. The largest absolute Gasteiger partial charge is 0.494 e. The van der Waals surface area contributed by atoms with E-state index in [9.17, 15) is 0 Å². The number of hydrogen-bond acceptors (Lipinski definition) is 12. The van der Waals surface area contributed by atoms with Gasteiger partial charge >= 0.3 is 7.12 Å². The van der Waals surface area contributed by atoms with Crippen LogP contribution in [0.15, 0.2) is 345 Å². The van der Waals surface area contributed by atoms with Gasteiger partial charge in [-0.15, -0.1) is 0 Å². The number of aromatic nitrogens is 6. The summed E-state index contributed by atoms with van der Waals surface area (Å²) in [5.74, 6) is 2.95. The molecule has 0 N–H and O–H groups in total. The summed E-state index contributed by atoms with van der Waals surface area (Å²) in [6.07, 6.45) is 0. The van der Waals surface area contributed by atoms with E-state index in [1.54, 1.807) is 0 Å². The molecule has 526 valence electrons. The lowest BCUT2D eigenvalue weighted by Crippen LogP contribution is -2.41. The molecule has 14 aromatic carbocycles. The summed E-state index contributed by atoms with van der Waals surface area (Å²) in [6, 6.07) is 111. The molecule has 20 aromatic rings. The lowest BCUT2D eigenvalue weighted by Gasteiger charge is -2.32. The van der Waals surface area contributed by atoms with Crippen LogP contribution in [0.3, 0.4) is 0 Å². The predicted octanol–water partition coefficient (Wildman–Crippen LogP) is 25.0. The van der Waals surface area contributed by atoms with E-state index in [1.807, 2.05) is 158 Å². The van der Waals surface area contributed by atoms with Gasteiger partial charge in [-0.3, -0.25) is 0 Å². The van der Waals surface area contributed by atoms with Crippen molar-refractivity contribution in [3.63, 3.8) is 0 Å². The predicted molar refractivity (Wildman–Crippen MR) is 445 cm³/mol. The van der Waals surface area contributed by atoms with Crippen molar-refractivity contribution >= 4 is 112 Å². The second-order valence-electron chi connectivity index (χ2n) is 28.4. The first kappa shape index (κ1) is 67.2. The van der Waals surface area contributed by atoms with Gasteiger partial charge in [-0.25, -0.2) is 19.9 Å². The first-order valence-electron chi connectivity index (χ1n) is 36.6. The zero-order valence-corrected chi connectivity index (χ0v) is 61.0. The molecule has 21 rings (SSSR count). The molecule has 14 heteroatoms. The highest BCUT2D eigenvalue weighted by molar-refractivity contribution is 6.62. The van der Waals surface area contributed by atoms with Gasteiger partial charge in [0.2, 0.25) is 5.28 Å². The van der Waals surface area contributed by atoms with Gasteiger partial charge in [-0.05, 0) is 133 Å². The molecule has 7 heterocycles. The van der Waals surface area contributed by atoms with E-state index in [1.165, 1.54) is 5.56 Å². The van der Waals surface area contributed by atoms with Gasteiger partial charge in [0.05, 0.1) is 11.2 Å². The number of furan rings is 4. The van der Waals surface area contributed by atoms with Crippen LogP contribution in [0.25, 0.3) is 189 Å². The summed E-state index contributed by atoms with van der Waals surface area (Å²) in [6.45, 7) is 8.27. The molecule has 12 nitrogen and oxygen atoms in total. The second-order valence-corrected chi connectivity index (χ2v) is 28.8. The Morgan fingerprint density at radius 2 is 0.527 bits per heavy atom. The van der Waals surface area contributed by atoms with Crippen LogP contribution in [-0.2, 0) is 9.31 Å². The Morgan fingerprint density at radius 1 is 0.236 bits per heavy atom. The number of halogens is 1. The van der Waals surface area contributed by atoms with Crippen molar-refractivity contribution in [3.8, 4) is 101 Å². The number of para-hydroxylation sites is 4. The number of rotatable bonds is 10. The zero-order chi connectivity index (χ0) is 74.0. The third-order valence-electron chi connectivity index (χ3n) is 21.0. The molecular weight excluding hydrogens is 1380 g/mol. The van der Waals surface area contributed by atoms with Crippen LogP contribution in [0.5, 0.6) is 0 Å². The van der Waals surface area contributed by atoms with Crippen LogP contribution in [0.2, 0.25) is 5.28 Å². The van der Waals surface area contributed by atoms with Crippen molar-refractivity contribution in [2.45, 2.75) is 38.9 Å². The maximum absolute atomic E-state index is 6.53. The van der Waals surface area contributed by atoms with E-state index in [0.29, 0.717) is 29.1 Å². The van der Waals surface area contributed by atoms with Gasteiger partial charge in [-0.2, -0.15) is 9.97 Å². The van der Waals surface area contributed by atoms with Crippen LogP contribution < -0.4 is 5.46 Å². The number of benzene rings is 14. The quantitative estimate of drug-likeness (QED) is 0.120. The van der Waals surface area contributed by atoms with E-state index in [0.717, 1.165) is 160 Å². The van der Waals surface area contributed by atoms with Gasteiger partial charge in [0, 0.05) is 82.0 Å². The van der Waals surface area contributed by atoms with Crippen molar-refractivity contribution < 1.29 is 27.0 Å². The second kappa shape index (κ2) is 27.7. The summed E-state index contributed by atoms with van der Waals surface area (Å²) in [4.78, 5) is 27.9. The zero-order valence-electron chi connectivity index (χ0n) is 60.3. The van der Waals surface area contributed by atoms with Crippen molar-refractivity contribution in [3.05, 3.63) is 333 Å². The Hall–Kier alpha value is -13.4. The molecule has 110 heavy (non-hydrogen) atoms. The SMILES string of the molecule is CC1(C)OB(c2ccc3c(c2)oc2cc(-c4cccc5c4oc4ccccc45)ccc23)OC1(C)C.Clc1nc(-c2ccccc2)nc(-c2ccc(-c3ccccc3)cc2)n1.c1ccc(-c2ccc(-c3nc(-c4ccccc4)nc(-c4ccc5c(c4)oc4cc(-c6cccc7c6oc6ccccc67)ccc45)n3)cc2)cc1. The molecule has 0 spiro atoms. The van der Waals surface area contributed by atoms with E-state index in [-0.39, 0.29) is 16.5 Å². The van der Waals surface area contributed by atoms with Crippen LogP contribution in [-0.4, -0.2) is 48.2 Å². The molecule has 1 aliphatic rings. The molecule has 1 saturated heterocycles. The summed E-state index contributed by atoms with van der Waals surface area (Å²) >= 11 is 6.11. The average Bonchev–Trinajstić information content (AvgIpc) is 1.60. The van der Waals surface area contributed by atoms with Gasteiger partial charge < -0.3 is 27.0 Å². The van der Waals surface area contributed by atoms with Crippen molar-refractivity contribution in [1.29, 1.82) is 0 Å². The number of hydrogen-bond donors (Lipinski definition) is 0. The van der Waals surface area contributed by atoms with Crippen molar-refractivity contribution in [1.82, 2.24) is 29.9 Å². The summed E-state index contributed by atoms with van der Waals surface area (Å²) in [5.41, 5.74) is 20.3. The monoisotopic (exact) mass is 1440 g/mol. The molecular formula is C96H66BClN6O6. The Labute approximate surface area is 638 Å². The molecule has 1 fully saturated rings. The minimum atomic E-state index is -0.418. The first-order valence-corrected chi connectivity index (χ1v) is 36.9. The maximum Gasteiger partial charge on any atom is 0.494 e. The van der Waals surface area contributed by atoms with Crippen LogP contribution in [0.4, 0.5) is 0 Å². The summed E-state index contributed by atoms with van der Waals surface area (Å²) in [5, 5.41) is 8.90. The fourth-order valence-electron chi connectivity index (χ4n) is 14.6. The minimum Gasteiger partial charge on any atom is -0.456 e. The highest BCUT2D eigenvalue weighted by atomic mass is 35.5. The lowest BCUT2D eigenvalue weighted by molar-refractivity contribution is 0.00578. The Balaban J connectivity index is 0.000000119. The van der Waals surface area contributed by atoms with E-state index >= 15 is 0 Å². The van der Waals surface area contributed by atoms with Gasteiger partial charge in [-0.1, -0.05) is 273 Å². The molecule has 1 aliphatic heterocycles.